The number of ketones is 1. The third-order valence-electron chi connectivity index (χ3n) is 6.83. The fraction of sp³-hybridized carbons (Fsp3) is 0.370. The molecule has 1 saturated heterocycles. The molecule has 5 rings (SSSR count). The van der Waals surface area contributed by atoms with E-state index in [9.17, 15) is 9.59 Å². The zero-order valence-electron chi connectivity index (χ0n) is 18.8. The number of carbonyl (C=O) groups is 2. The summed E-state index contributed by atoms with van der Waals surface area (Å²) in [5.41, 5.74) is 3.34. The summed E-state index contributed by atoms with van der Waals surface area (Å²) in [5, 5.41) is 3.44. The van der Waals surface area contributed by atoms with Gasteiger partial charge in [-0.15, -0.1) is 0 Å². The van der Waals surface area contributed by atoms with Crippen molar-refractivity contribution in [1.29, 1.82) is 0 Å². The average Bonchev–Trinajstić information content (AvgIpc) is 3.30. The van der Waals surface area contributed by atoms with E-state index in [0.29, 0.717) is 18.7 Å². The number of nitrogens with zero attached hydrogens (tertiary/aromatic N) is 3. The van der Waals surface area contributed by atoms with E-state index in [-0.39, 0.29) is 23.8 Å². The fourth-order valence-electron chi connectivity index (χ4n) is 5.13. The predicted molar refractivity (Wildman–Crippen MR) is 128 cm³/mol. The highest BCUT2D eigenvalue weighted by Gasteiger charge is 2.34. The molecule has 2 aromatic carbocycles. The van der Waals surface area contributed by atoms with Gasteiger partial charge in [0.05, 0.1) is 18.1 Å². The smallest absolute Gasteiger partial charge is 0.275 e. The van der Waals surface area contributed by atoms with Crippen molar-refractivity contribution < 1.29 is 9.59 Å². The van der Waals surface area contributed by atoms with Gasteiger partial charge in [0.25, 0.3) is 5.91 Å². The molecule has 1 N–H and O–H groups in total. The molecule has 33 heavy (non-hydrogen) atoms. The van der Waals surface area contributed by atoms with Crippen LogP contribution in [0.2, 0.25) is 0 Å². The Morgan fingerprint density at radius 3 is 2.55 bits per heavy atom. The zero-order valence-corrected chi connectivity index (χ0v) is 18.8. The lowest BCUT2D eigenvalue weighted by molar-refractivity contribution is -0.123. The highest BCUT2D eigenvalue weighted by Crippen LogP contribution is 2.33. The molecule has 0 spiro atoms. The number of hydrogen-bond acceptors (Lipinski definition) is 4. The normalized spacial score (nSPS) is 21.2. The number of amides is 1. The lowest BCUT2D eigenvalue weighted by Crippen LogP contribution is -2.54. The Kier molecular flexibility index (Phi) is 6.35. The second-order valence-corrected chi connectivity index (χ2v) is 8.99. The minimum Gasteiger partial charge on any atom is -0.331 e. The summed E-state index contributed by atoms with van der Waals surface area (Å²) < 4.78 is 1.96. The van der Waals surface area contributed by atoms with Gasteiger partial charge in [0.1, 0.15) is 0 Å². The van der Waals surface area contributed by atoms with Gasteiger partial charge in [-0.05, 0) is 24.8 Å². The molecule has 6 nitrogen and oxygen atoms in total. The van der Waals surface area contributed by atoms with Crippen molar-refractivity contribution in [3.8, 4) is 11.3 Å². The van der Waals surface area contributed by atoms with Gasteiger partial charge >= 0.3 is 0 Å². The lowest BCUT2D eigenvalue weighted by Gasteiger charge is -2.36. The number of benzene rings is 2. The number of Topliss-reactive ketones (excluding diaryl/α,β-unsaturated/α-hetero) is 1. The maximum atomic E-state index is 13.9. The highest BCUT2D eigenvalue weighted by atomic mass is 16.2. The van der Waals surface area contributed by atoms with Crippen molar-refractivity contribution in [2.75, 3.05) is 19.6 Å². The van der Waals surface area contributed by atoms with Gasteiger partial charge in [-0.1, -0.05) is 67.1 Å². The summed E-state index contributed by atoms with van der Waals surface area (Å²) >= 11 is 0. The number of rotatable bonds is 5. The minimum atomic E-state index is -0.244. The Hall–Kier alpha value is -3.25. The summed E-state index contributed by atoms with van der Waals surface area (Å²) in [7, 11) is 0. The summed E-state index contributed by atoms with van der Waals surface area (Å²) in [4.78, 5) is 33.3. The first kappa shape index (κ1) is 21.6. The molecule has 0 unspecified atom stereocenters. The zero-order chi connectivity index (χ0) is 22.6. The Morgan fingerprint density at radius 2 is 1.79 bits per heavy atom. The van der Waals surface area contributed by atoms with Crippen LogP contribution in [0, 0.1) is 0 Å². The van der Waals surface area contributed by atoms with Crippen LogP contribution in [0.25, 0.3) is 11.3 Å². The number of carbonyl (C=O) groups excluding carboxylic acids is 2. The molecule has 170 valence electrons. The SMILES string of the molecule is O=C1CCCC[C@H]1n1cnc(C(=O)N2CCNC[C@H]2Cc2ccccc2)c1-c1ccccc1. The summed E-state index contributed by atoms with van der Waals surface area (Å²) in [5.74, 6) is 0.178. The van der Waals surface area contributed by atoms with Crippen LogP contribution in [0.15, 0.2) is 67.0 Å². The third kappa shape index (κ3) is 4.48. The topological polar surface area (TPSA) is 67.2 Å². The van der Waals surface area contributed by atoms with E-state index in [1.807, 2.05) is 58.0 Å². The molecule has 3 aromatic rings. The molecule has 1 aliphatic heterocycles. The van der Waals surface area contributed by atoms with E-state index in [1.54, 1.807) is 6.33 Å². The molecule has 1 aromatic heterocycles. The lowest BCUT2D eigenvalue weighted by atomic mass is 9.93. The standard InChI is InChI=1S/C27H30N4O2/c32-24-14-8-7-13-23(24)31-19-29-25(26(31)21-11-5-2-6-12-21)27(33)30-16-15-28-18-22(30)17-20-9-3-1-4-10-20/h1-6,9-12,19,22-23,28H,7-8,13-18H2/t22-,23-/m1/s1. The van der Waals surface area contributed by atoms with Gasteiger partial charge in [-0.25, -0.2) is 4.98 Å². The maximum Gasteiger partial charge on any atom is 0.275 e. The number of nitrogens with one attached hydrogen (secondary N) is 1. The van der Waals surface area contributed by atoms with Crippen molar-refractivity contribution in [3.05, 3.63) is 78.2 Å². The van der Waals surface area contributed by atoms with E-state index in [0.717, 1.165) is 50.0 Å². The number of imidazole rings is 1. The van der Waals surface area contributed by atoms with E-state index in [4.69, 9.17) is 0 Å². The summed E-state index contributed by atoms with van der Waals surface area (Å²) in [6.45, 7) is 2.16. The molecule has 1 aliphatic carbocycles. The molecule has 1 saturated carbocycles. The molecular weight excluding hydrogens is 412 g/mol. The van der Waals surface area contributed by atoms with E-state index in [1.165, 1.54) is 5.56 Å². The number of piperazine rings is 1. The Balaban J connectivity index is 1.51. The first-order chi connectivity index (χ1) is 16.2. The summed E-state index contributed by atoms with van der Waals surface area (Å²) in [6, 6.07) is 20.0. The van der Waals surface area contributed by atoms with Gasteiger partial charge in [0, 0.05) is 37.7 Å². The molecule has 1 amide bonds. The molecule has 2 heterocycles. The van der Waals surface area contributed by atoms with Crippen molar-refractivity contribution in [2.24, 2.45) is 0 Å². The van der Waals surface area contributed by atoms with Crippen molar-refractivity contribution in [3.63, 3.8) is 0 Å². The maximum absolute atomic E-state index is 13.9. The van der Waals surface area contributed by atoms with Crippen molar-refractivity contribution in [2.45, 2.75) is 44.2 Å². The second kappa shape index (κ2) is 9.71. The molecule has 2 atom stereocenters. The van der Waals surface area contributed by atoms with Gasteiger partial charge in [0.2, 0.25) is 0 Å². The predicted octanol–water partition coefficient (Wildman–Crippen LogP) is 3.89. The van der Waals surface area contributed by atoms with Crippen LogP contribution in [-0.2, 0) is 11.2 Å². The van der Waals surface area contributed by atoms with E-state index >= 15 is 0 Å². The first-order valence-electron chi connectivity index (χ1n) is 11.9. The molecule has 0 bridgehead atoms. The van der Waals surface area contributed by atoms with Crippen LogP contribution in [0.1, 0.15) is 47.8 Å². The number of aromatic nitrogens is 2. The quantitative estimate of drug-likeness (QED) is 0.651. The van der Waals surface area contributed by atoms with Gasteiger partial charge in [0.15, 0.2) is 11.5 Å². The van der Waals surface area contributed by atoms with E-state index < -0.39 is 0 Å². The molecular formula is C27H30N4O2. The largest absolute Gasteiger partial charge is 0.331 e. The Morgan fingerprint density at radius 1 is 1.03 bits per heavy atom. The van der Waals surface area contributed by atoms with Crippen LogP contribution in [0.3, 0.4) is 0 Å². The molecule has 2 fully saturated rings. The third-order valence-corrected chi connectivity index (χ3v) is 6.83. The first-order valence-corrected chi connectivity index (χ1v) is 11.9. The van der Waals surface area contributed by atoms with Crippen LogP contribution >= 0.6 is 0 Å². The number of hydrogen-bond donors (Lipinski definition) is 1. The molecule has 0 radical (unpaired) electrons. The highest BCUT2D eigenvalue weighted by molar-refractivity contribution is 5.99. The van der Waals surface area contributed by atoms with Crippen LogP contribution in [-0.4, -0.2) is 51.8 Å². The fourth-order valence-corrected chi connectivity index (χ4v) is 5.13. The second-order valence-electron chi connectivity index (χ2n) is 8.99. The summed E-state index contributed by atoms with van der Waals surface area (Å²) in [6.07, 6.45) is 5.85. The molecule has 6 heteroatoms. The molecule has 2 aliphatic rings. The van der Waals surface area contributed by atoms with Gasteiger partial charge in [-0.3, -0.25) is 9.59 Å². The minimum absolute atomic E-state index is 0.0544. The van der Waals surface area contributed by atoms with E-state index in [2.05, 4.69) is 22.4 Å². The van der Waals surface area contributed by atoms with Crippen LogP contribution in [0.4, 0.5) is 0 Å². The van der Waals surface area contributed by atoms with Crippen molar-refractivity contribution >= 4 is 11.7 Å². The van der Waals surface area contributed by atoms with Gasteiger partial charge in [-0.2, -0.15) is 0 Å². The average molecular weight is 443 g/mol. The van der Waals surface area contributed by atoms with Crippen molar-refractivity contribution in [1.82, 2.24) is 19.8 Å². The van der Waals surface area contributed by atoms with Crippen LogP contribution < -0.4 is 5.32 Å². The van der Waals surface area contributed by atoms with Crippen LogP contribution in [0.5, 0.6) is 0 Å². The Labute approximate surface area is 194 Å². The monoisotopic (exact) mass is 442 g/mol. The Bertz CT molecular complexity index is 1110. The van der Waals surface area contributed by atoms with Gasteiger partial charge < -0.3 is 14.8 Å².